The summed E-state index contributed by atoms with van der Waals surface area (Å²) in [4.78, 5) is 28.0. The number of nitrogens with zero attached hydrogens (tertiary/aromatic N) is 1. The lowest BCUT2D eigenvalue weighted by atomic mass is 10.2. The average Bonchev–Trinajstić information content (AvgIpc) is 2.75. The number of fused-ring (bicyclic) bond motifs is 1. The first-order chi connectivity index (χ1) is 9.04. The van der Waals surface area contributed by atoms with Crippen LogP contribution < -0.4 is 16.4 Å². The van der Waals surface area contributed by atoms with Crippen molar-refractivity contribution in [1.29, 1.82) is 0 Å². The van der Waals surface area contributed by atoms with Crippen molar-refractivity contribution >= 4 is 39.1 Å². The quantitative estimate of drug-likeness (QED) is 0.771. The Hall–Kier alpha value is -2.15. The van der Waals surface area contributed by atoms with Crippen LogP contribution in [0.25, 0.3) is 10.2 Å². The molecule has 1 atom stereocenters. The number of nitrogen functional groups attached to an aromatic ring is 1. The molecular formula is C12H14N4O2S. The van der Waals surface area contributed by atoms with Crippen molar-refractivity contribution < 1.29 is 9.59 Å². The molecule has 0 saturated carbocycles. The Morgan fingerprint density at radius 3 is 2.84 bits per heavy atom. The number of carbonyl (C=O) groups excluding carboxylic acids is 2. The van der Waals surface area contributed by atoms with Gasteiger partial charge in [-0.05, 0) is 19.1 Å². The van der Waals surface area contributed by atoms with Crippen LogP contribution in [0.4, 0.5) is 5.69 Å². The molecule has 0 aliphatic heterocycles. The largest absolute Gasteiger partial charge is 0.396 e. The van der Waals surface area contributed by atoms with E-state index in [4.69, 9.17) is 5.73 Å². The molecule has 6 nitrogen and oxygen atoms in total. The molecule has 7 heteroatoms. The maximum absolute atomic E-state index is 12.1. The molecule has 19 heavy (non-hydrogen) atoms. The van der Waals surface area contributed by atoms with Crippen molar-refractivity contribution in [3.05, 3.63) is 23.2 Å². The molecule has 2 aromatic rings. The highest BCUT2D eigenvalue weighted by atomic mass is 32.1. The van der Waals surface area contributed by atoms with Gasteiger partial charge in [0.1, 0.15) is 16.4 Å². The molecule has 2 heterocycles. The van der Waals surface area contributed by atoms with Gasteiger partial charge in [0.25, 0.3) is 5.91 Å². The zero-order chi connectivity index (χ0) is 14.0. The Morgan fingerprint density at radius 2 is 2.21 bits per heavy atom. The molecule has 0 spiro atoms. The number of anilines is 1. The molecule has 0 bridgehead atoms. The zero-order valence-electron chi connectivity index (χ0n) is 10.6. The van der Waals surface area contributed by atoms with Crippen LogP contribution in [0.15, 0.2) is 18.3 Å². The number of amides is 2. The highest BCUT2D eigenvalue weighted by Gasteiger charge is 2.20. The number of aromatic nitrogens is 1. The second-order valence-corrected chi connectivity index (χ2v) is 5.06. The van der Waals surface area contributed by atoms with Crippen molar-refractivity contribution in [2.24, 2.45) is 0 Å². The summed E-state index contributed by atoms with van der Waals surface area (Å²) in [5.74, 6) is -0.622. The number of hydrogen-bond acceptors (Lipinski definition) is 5. The van der Waals surface area contributed by atoms with Crippen LogP contribution in [0.3, 0.4) is 0 Å². The van der Waals surface area contributed by atoms with E-state index in [9.17, 15) is 9.59 Å². The third kappa shape index (κ3) is 2.50. The Bertz CT molecular complexity index is 638. The molecule has 0 saturated heterocycles. The Labute approximate surface area is 114 Å². The predicted molar refractivity (Wildman–Crippen MR) is 75.0 cm³/mol. The number of nitrogens with two attached hydrogens (primary N) is 1. The van der Waals surface area contributed by atoms with Crippen molar-refractivity contribution in [3.8, 4) is 0 Å². The lowest BCUT2D eigenvalue weighted by molar-refractivity contribution is -0.122. The Balaban J connectivity index is 2.27. The van der Waals surface area contributed by atoms with Crippen molar-refractivity contribution in [2.75, 3.05) is 12.8 Å². The third-order valence-electron chi connectivity index (χ3n) is 2.68. The highest BCUT2D eigenvalue weighted by molar-refractivity contribution is 7.21. The van der Waals surface area contributed by atoms with Crippen LogP contribution >= 0.6 is 11.3 Å². The minimum Gasteiger partial charge on any atom is -0.396 e. The standard InChI is InChI=1S/C12H14N4O2S/c1-6(11(17)14-2)16-12(18)10-8(13)9-7(19-10)4-3-5-15-9/h3-6H,13H2,1-2H3,(H,14,17)(H,16,18). The summed E-state index contributed by atoms with van der Waals surface area (Å²) < 4.78 is 0.845. The number of thiophene rings is 1. The molecule has 100 valence electrons. The fourth-order valence-electron chi connectivity index (χ4n) is 1.66. The monoisotopic (exact) mass is 278 g/mol. The molecule has 0 radical (unpaired) electrons. The zero-order valence-corrected chi connectivity index (χ0v) is 11.4. The van der Waals surface area contributed by atoms with E-state index in [1.54, 1.807) is 19.2 Å². The molecule has 0 fully saturated rings. The SMILES string of the molecule is CNC(=O)C(C)NC(=O)c1sc2cccnc2c1N. The van der Waals surface area contributed by atoms with Gasteiger partial charge in [-0.1, -0.05) is 0 Å². The minimum atomic E-state index is -0.616. The number of hydrogen-bond donors (Lipinski definition) is 3. The summed E-state index contributed by atoms with van der Waals surface area (Å²) in [6.45, 7) is 1.61. The van der Waals surface area contributed by atoms with Crippen LogP contribution in [0.2, 0.25) is 0 Å². The van der Waals surface area contributed by atoms with Gasteiger partial charge in [0.15, 0.2) is 0 Å². The van der Waals surface area contributed by atoms with Crippen LogP contribution in [-0.4, -0.2) is 29.9 Å². The van der Waals surface area contributed by atoms with E-state index in [0.717, 1.165) is 4.70 Å². The number of rotatable bonds is 3. The summed E-state index contributed by atoms with van der Waals surface area (Å²) in [7, 11) is 1.52. The van der Waals surface area contributed by atoms with Gasteiger partial charge < -0.3 is 16.4 Å². The van der Waals surface area contributed by atoms with Gasteiger partial charge >= 0.3 is 0 Å². The number of carbonyl (C=O) groups is 2. The van der Waals surface area contributed by atoms with Gasteiger partial charge in [0.2, 0.25) is 5.91 Å². The number of nitrogens with one attached hydrogen (secondary N) is 2. The second kappa shape index (κ2) is 5.23. The second-order valence-electron chi connectivity index (χ2n) is 4.00. The molecule has 2 rings (SSSR count). The topological polar surface area (TPSA) is 97.1 Å². The molecular weight excluding hydrogens is 264 g/mol. The molecule has 0 aromatic carbocycles. The van der Waals surface area contributed by atoms with E-state index < -0.39 is 6.04 Å². The van der Waals surface area contributed by atoms with Gasteiger partial charge in [-0.25, -0.2) is 0 Å². The van der Waals surface area contributed by atoms with E-state index in [1.807, 2.05) is 6.07 Å². The molecule has 0 aliphatic rings. The lowest BCUT2D eigenvalue weighted by Gasteiger charge is -2.11. The summed E-state index contributed by atoms with van der Waals surface area (Å²) >= 11 is 1.26. The third-order valence-corrected chi connectivity index (χ3v) is 3.83. The summed E-state index contributed by atoms with van der Waals surface area (Å²) in [6.07, 6.45) is 1.63. The average molecular weight is 278 g/mol. The van der Waals surface area contributed by atoms with Gasteiger partial charge in [-0.2, -0.15) is 0 Å². The van der Waals surface area contributed by atoms with Gasteiger partial charge in [-0.15, -0.1) is 11.3 Å². The summed E-state index contributed by atoms with van der Waals surface area (Å²) in [5.41, 5.74) is 6.88. The molecule has 0 aliphatic carbocycles. The van der Waals surface area contributed by atoms with Crippen molar-refractivity contribution in [1.82, 2.24) is 15.6 Å². The lowest BCUT2D eigenvalue weighted by Crippen LogP contribution is -2.43. The first kappa shape index (κ1) is 13.3. The van der Waals surface area contributed by atoms with E-state index in [2.05, 4.69) is 15.6 Å². The van der Waals surface area contributed by atoms with E-state index in [0.29, 0.717) is 16.1 Å². The predicted octanol–water partition coefficient (Wildman–Crippen LogP) is 0.743. The normalized spacial score (nSPS) is 12.1. The van der Waals surface area contributed by atoms with Crippen molar-refractivity contribution in [3.63, 3.8) is 0 Å². The van der Waals surface area contributed by atoms with Crippen LogP contribution in [0.5, 0.6) is 0 Å². The maximum Gasteiger partial charge on any atom is 0.264 e. The van der Waals surface area contributed by atoms with Gasteiger partial charge in [0, 0.05) is 13.2 Å². The number of likely N-dealkylation sites (N-methyl/N-ethyl adjacent to an activating group) is 1. The van der Waals surface area contributed by atoms with Gasteiger partial charge in [0.05, 0.1) is 10.4 Å². The molecule has 2 amide bonds. The molecule has 4 N–H and O–H groups in total. The van der Waals surface area contributed by atoms with Gasteiger partial charge in [-0.3, -0.25) is 14.6 Å². The maximum atomic E-state index is 12.1. The number of pyridine rings is 1. The van der Waals surface area contributed by atoms with Crippen molar-refractivity contribution in [2.45, 2.75) is 13.0 Å². The van der Waals surface area contributed by atoms with E-state index in [1.165, 1.54) is 18.4 Å². The fourth-order valence-corrected chi connectivity index (χ4v) is 2.64. The van der Waals surface area contributed by atoms with E-state index >= 15 is 0 Å². The highest BCUT2D eigenvalue weighted by Crippen LogP contribution is 2.31. The first-order valence-corrected chi connectivity index (χ1v) is 6.51. The Kier molecular flexibility index (Phi) is 3.66. The molecule has 2 aromatic heterocycles. The smallest absolute Gasteiger partial charge is 0.264 e. The first-order valence-electron chi connectivity index (χ1n) is 5.70. The summed E-state index contributed by atoms with van der Waals surface area (Å²) in [6, 6.07) is 3.02. The Morgan fingerprint density at radius 1 is 1.47 bits per heavy atom. The summed E-state index contributed by atoms with van der Waals surface area (Å²) in [5, 5.41) is 5.07. The molecule has 1 unspecified atom stereocenters. The minimum absolute atomic E-state index is 0.258. The van der Waals surface area contributed by atoms with Crippen LogP contribution in [0, 0.1) is 0 Å². The fraction of sp³-hybridized carbons (Fsp3) is 0.250. The van der Waals surface area contributed by atoms with E-state index in [-0.39, 0.29) is 11.8 Å². The van der Waals surface area contributed by atoms with Crippen LogP contribution in [0.1, 0.15) is 16.6 Å². The van der Waals surface area contributed by atoms with Crippen LogP contribution in [-0.2, 0) is 4.79 Å².